The van der Waals surface area contributed by atoms with Crippen molar-refractivity contribution in [2.24, 2.45) is 4.99 Å². The molecule has 0 N–H and O–H groups in total. The largest absolute Gasteiger partial charge is 0.462 e. The predicted octanol–water partition coefficient (Wildman–Crippen LogP) is 17.2. The molecule has 87 heavy (non-hydrogen) atoms. The number of aryl methyl sites for hydroxylation is 2. The monoisotopic (exact) mass is 1140 g/mol. The summed E-state index contributed by atoms with van der Waals surface area (Å²) in [5, 5.41) is 0.511. The molecular formula is C79H66N2O6. The molecule has 0 saturated carbocycles. The highest BCUT2D eigenvalue weighted by Crippen LogP contribution is 2.30. The standard InChI is InChI=1S/C28H24N2O3.3C17H14O/c1-2-33-28(32)24-18-30-15-9-14-21-16-22(17-23(26(21)30)27(24)31)29-25(19-10-5-3-6-11-19)20-12-7-4-8-13-20;3*18-17(13-11-15-7-3-1-4-8-15)14-12-16-9-5-2-6-10-16/h3-8,10-13,16-18H,2,9,14-15H2,1H3;3*1-14H. The first kappa shape index (κ1) is 61.8. The summed E-state index contributed by atoms with van der Waals surface area (Å²) in [7, 11) is 0. The molecule has 1 aliphatic rings. The summed E-state index contributed by atoms with van der Waals surface area (Å²) in [4.78, 5) is 65.6. The zero-order valence-corrected chi connectivity index (χ0v) is 48.4. The Kier molecular flexibility index (Phi) is 24.0. The van der Waals surface area contributed by atoms with Gasteiger partial charge in [-0.1, -0.05) is 279 Å². The number of rotatable bonds is 17. The van der Waals surface area contributed by atoms with E-state index in [-0.39, 0.29) is 34.9 Å². The van der Waals surface area contributed by atoms with Crippen LogP contribution in [0.1, 0.15) is 73.8 Å². The summed E-state index contributed by atoms with van der Waals surface area (Å²) in [6.07, 6.45) is 23.8. The van der Waals surface area contributed by atoms with Gasteiger partial charge < -0.3 is 9.30 Å². The molecule has 0 fully saturated rings. The molecule has 0 aliphatic carbocycles. The van der Waals surface area contributed by atoms with Gasteiger partial charge in [0.2, 0.25) is 5.43 Å². The minimum Gasteiger partial charge on any atom is -0.462 e. The van der Waals surface area contributed by atoms with Gasteiger partial charge >= 0.3 is 5.97 Å². The van der Waals surface area contributed by atoms with E-state index in [1.165, 1.54) is 0 Å². The van der Waals surface area contributed by atoms with E-state index < -0.39 is 5.97 Å². The van der Waals surface area contributed by atoms with Crippen LogP contribution in [0.3, 0.4) is 0 Å². The number of carbonyl (C=O) groups is 4. The van der Waals surface area contributed by atoms with E-state index in [0.717, 1.165) is 80.7 Å². The molecule has 8 heteroatoms. The molecule has 0 spiro atoms. The number of hydrogen-bond acceptors (Lipinski definition) is 7. The summed E-state index contributed by atoms with van der Waals surface area (Å²) in [5.74, 6) is -0.614. The molecule has 11 rings (SSSR count). The van der Waals surface area contributed by atoms with Crippen LogP contribution in [0.25, 0.3) is 47.4 Å². The summed E-state index contributed by atoms with van der Waals surface area (Å²) in [6, 6.07) is 82.6. The first-order chi connectivity index (χ1) is 42.7. The molecular weight excluding hydrogens is 1070 g/mol. The number of aliphatic imine (C=N–C) groups is 1. The molecule has 0 radical (unpaired) electrons. The fourth-order valence-electron chi connectivity index (χ4n) is 9.08. The van der Waals surface area contributed by atoms with Crippen LogP contribution in [0.4, 0.5) is 5.69 Å². The molecule has 10 aromatic rings. The number of nitrogens with zero attached hydrogens (tertiary/aromatic N) is 2. The second-order valence-electron chi connectivity index (χ2n) is 19.8. The average molecular weight is 1140 g/mol. The summed E-state index contributed by atoms with van der Waals surface area (Å²) >= 11 is 0. The van der Waals surface area contributed by atoms with Crippen LogP contribution in [-0.2, 0) is 32.1 Å². The smallest absolute Gasteiger partial charge is 0.343 e. The normalized spacial score (nSPS) is 11.6. The van der Waals surface area contributed by atoms with Gasteiger partial charge in [0.15, 0.2) is 17.3 Å². The van der Waals surface area contributed by atoms with Crippen LogP contribution < -0.4 is 5.43 Å². The molecule has 0 atom stereocenters. The maximum atomic E-state index is 13.3. The number of benzene rings is 9. The van der Waals surface area contributed by atoms with Crippen LogP contribution >= 0.6 is 0 Å². The van der Waals surface area contributed by atoms with Crippen LogP contribution in [0.5, 0.6) is 0 Å². The number of aromatic nitrogens is 1. The first-order valence-electron chi connectivity index (χ1n) is 28.8. The van der Waals surface area contributed by atoms with Crippen molar-refractivity contribution in [3.8, 4) is 0 Å². The third-order valence-electron chi connectivity index (χ3n) is 13.3. The van der Waals surface area contributed by atoms with E-state index in [2.05, 4.69) is 6.07 Å². The second kappa shape index (κ2) is 33.8. The number of ether oxygens (including phenoxy) is 1. The highest BCUT2D eigenvalue weighted by molar-refractivity contribution is 6.14. The summed E-state index contributed by atoms with van der Waals surface area (Å²) < 4.78 is 7.14. The molecule has 1 aliphatic heterocycles. The van der Waals surface area contributed by atoms with Crippen molar-refractivity contribution in [2.75, 3.05) is 6.61 Å². The van der Waals surface area contributed by atoms with Gasteiger partial charge in [0, 0.05) is 29.3 Å². The second-order valence-corrected chi connectivity index (χ2v) is 19.8. The highest BCUT2D eigenvalue weighted by Gasteiger charge is 2.21. The van der Waals surface area contributed by atoms with E-state index in [4.69, 9.17) is 9.73 Å². The van der Waals surface area contributed by atoms with Gasteiger partial charge in [0.05, 0.1) is 23.5 Å². The Morgan fingerprint density at radius 2 is 0.747 bits per heavy atom. The van der Waals surface area contributed by atoms with Gasteiger partial charge in [0.1, 0.15) is 5.56 Å². The maximum Gasteiger partial charge on any atom is 0.343 e. The van der Waals surface area contributed by atoms with E-state index in [1.807, 2.05) is 284 Å². The molecule has 0 amide bonds. The first-order valence-corrected chi connectivity index (χ1v) is 28.8. The van der Waals surface area contributed by atoms with Gasteiger partial charge in [-0.05, 0) is 107 Å². The van der Waals surface area contributed by atoms with Crippen molar-refractivity contribution < 1.29 is 23.9 Å². The maximum absolute atomic E-state index is 13.3. The molecule has 0 saturated heterocycles. The Balaban J connectivity index is 0.000000158. The van der Waals surface area contributed by atoms with Gasteiger partial charge in [-0.2, -0.15) is 0 Å². The van der Waals surface area contributed by atoms with Crippen molar-refractivity contribution >= 4 is 82.1 Å². The van der Waals surface area contributed by atoms with E-state index >= 15 is 0 Å². The lowest BCUT2D eigenvalue weighted by molar-refractivity contribution is -0.111. The third kappa shape index (κ3) is 20.3. The van der Waals surface area contributed by atoms with Crippen LogP contribution in [0.15, 0.2) is 307 Å². The third-order valence-corrected chi connectivity index (χ3v) is 13.3. The van der Waals surface area contributed by atoms with E-state index in [9.17, 15) is 24.0 Å². The fraction of sp³-hybridized carbons (Fsp3) is 0.0633. The van der Waals surface area contributed by atoms with E-state index in [0.29, 0.717) is 11.1 Å². The number of allylic oxidation sites excluding steroid dienone is 6. The Bertz CT molecular complexity index is 3660. The summed E-state index contributed by atoms with van der Waals surface area (Å²) in [5.41, 5.74) is 11.4. The van der Waals surface area contributed by atoms with Gasteiger partial charge in [-0.15, -0.1) is 0 Å². The van der Waals surface area contributed by atoms with Gasteiger partial charge in [0.25, 0.3) is 0 Å². The predicted molar refractivity (Wildman–Crippen MR) is 359 cm³/mol. The average Bonchev–Trinajstić information content (AvgIpc) is 2.92. The van der Waals surface area contributed by atoms with E-state index in [1.54, 1.807) is 55.6 Å². The zero-order valence-electron chi connectivity index (χ0n) is 48.4. The number of carbonyl (C=O) groups excluding carboxylic acids is 4. The summed E-state index contributed by atoms with van der Waals surface area (Å²) in [6.45, 7) is 2.72. The molecule has 0 unspecified atom stereocenters. The van der Waals surface area contributed by atoms with Crippen LogP contribution in [-0.4, -0.2) is 40.2 Å². The Hall–Kier alpha value is -11.2. The van der Waals surface area contributed by atoms with Crippen molar-refractivity contribution in [3.05, 3.63) is 363 Å². The lowest BCUT2D eigenvalue weighted by atomic mass is 9.98. The fourth-order valence-corrected chi connectivity index (χ4v) is 9.08. The molecule has 1 aromatic heterocycles. The van der Waals surface area contributed by atoms with Gasteiger partial charge in [-0.25, -0.2) is 9.79 Å². The Labute approximate surface area is 509 Å². The topological polar surface area (TPSA) is 112 Å². The lowest BCUT2D eigenvalue weighted by Gasteiger charge is -2.21. The lowest BCUT2D eigenvalue weighted by Crippen LogP contribution is -2.23. The van der Waals surface area contributed by atoms with Crippen molar-refractivity contribution in [3.63, 3.8) is 0 Å². The number of ketones is 3. The van der Waals surface area contributed by atoms with Crippen molar-refractivity contribution in [1.29, 1.82) is 0 Å². The minimum absolute atomic E-state index is 0.0114. The van der Waals surface area contributed by atoms with Crippen LogP contribution in [0.2, 0.25) is 0 Å². The number of esters is 1. The molecule has 8 nitrogen and oxygen atoms in total. The Morgan fingerprint density at radius 3 is 1.06 bits per heavy atom. The number of pyridine rings is 1. The number of hydrogen-bond donors (Lipinski definition) is 0. The SMILES string of the molecule is CCOC(=O)c1cn2c3c(cc(N=C(c4ccccc4)c4ccccc4)cc3c1=O)CCC2.O=C(C=Cc1ccccc1)C=Cc1ccccc1.O=C(C=Cc1ccccc1)C=Cc1ccccc1.O=C(C=Cc1ccccc1)C=Cc1ccccc1. The minimum atomic E-state index is -0.580. The highest BCUT2D eigenvalue weighted by atomic mass is 16.5. The molecule has 2 heterocycles. The quantitative estimate of drug-likeness (QED) is 0.0510. The van der Waals surface area contributed by atoms with Crippen LogP contribution in [0, 0.1) is 0 Å². The Morgan fingerprint density at radius 1 is 0.437 bits per heavy atom. The molecule has 9 aromatic carbocycles. The molecule has 428 valence electrons. The van der Waals surface area contributed by atoms with Crippen molar-refractivity contribution in [2.45, 2.75) is 26.3 Å². The zero-order chi connectivity index (χ0) is 60.7. The van der Waals surface area contributed by atoms with Crippen molar-refractivity contribution in [1.82, 2.24) is 4.57 Å². The molecule has 0 bridgehead atoms. The van der Waals surface area contributed by atoms with Gasteiger partial charge in [-0.3, -0.25) is 19.2 Å².